The van der Waals surface area contributed by atoms with Crippen molar-refractivity contribution in [1.82, 2.24) is 5.32 Å². The first kappa shape index (κ1) is 20.1. The van der Waals surface area contributed by atoms with Crippen LogP contribution in [0.25, 0.3) is 0 Å². The maximum absolute atomic E-state index is 14.9. The molecule has 9 heteroatoms. The van der Waals surface area contributed by atoms with E-state index in [4.69, 9.17) is 4.74 Å². The van der Waals surface area contributed by atoms with E-state index in [0.717, 1.165) is 13.1 Å². The van der Waals surface area contributed by atoms with Crippen LogP contribution in [0.2, 0.25) is 0 Å². The quantitative estimate of drug-likeness (QED) is 0.803. The van der Waals surface area contributed by atoms with E-state index in [2.05, 4.69) is 15.0 Å². The highest BCUT2D eigenvalue weighted by Gasteiger charge is 2.36. The van der Waals surface area contributed by atoms with E-state index in [1.54, 1.807) is 12.1 Å². The first-order valence-electron chi connectivity index (χ1n) is 9.97. The maximum atomic E-state index is 14.9. The molecule has 29 heavy (non-hydrogen) atoms. The number of halogens is 1. The fourth-order valence-electron chi connectivity index (χ4n) is 4.39. The van der Waals surface area contributed by atoms with Gasteiger partial charge in [0.25, 0.3) is 0 Å². The number of alkyl carbamates (subject to hydrolysis) is 1. The first-order chi connectivity index (χ1) is 14.0. The van der Waals surface area contributed by atoms with E-state index < -0.39 is 18.3 Å². The smallest absolute Gasteiger partial charge is 0.414 e. The minimum atomic E-state index is -0.588. The molecule has 1 aromatic carbocycles. The van der Waals surface area contributed by atoms with Crippen molar-refractivity contribution >= 4 is 35.3 Å². The number of amides is 2. The lowest BCUT2D eigenvalue weighted by Crippen LogP contribution is -2.34. The number of hydrogen-bond donors (Lipinski definition) is 1. The number of carbonyl (C=O) groups is 2. The lowest BCUT2D eigenvalue weighted by Gasteiger charge is -2.21. The third-order valence-corrected chi connectivity index (χ3v) is 7.01. The fourth-order valence-corrected chi connectivity index (χ4v) is 5.53. The van der Waals surface area contributed by atoms with E-state index in [0.29, 0.717) is 23.2 Å². The summed E-state index contributed by atoms with van der Waals surface area (Å²) in [7, 11) is 1.27. The molecule has 7 nitrogen and oxygen atoms in total. The van der Waals surface area contributed by atoms with Crippen LogP contribution in [0.5, 0.6) is 0 Å². The molecule has 3 fully saturated rings. The summed E-state index contributed by atoms with van der Waals surface area (Å²) in [5, 5.41) is 2.51. The lowest BCUT2D eigenvalue weighted by atomic mass is 9.92. The molecule has 0 saturated carbocycles. The predicted octanol–water partition coefficient (Wildman–Crippen LogP) is 3.09. The van der Waals surface area contributed by atoms with Crippen molar-refractivity contribution in [3.05, 3.63) is 24.0 Å². The Bertz CT molecular complexity index is 766. The molecule has 0 aliphatic carbocycles. The molecule has 1 N–H and O–H groups in total. The van der Waals surface area contributed by atoms with Gasteiger partial charge in [-0.3, -0.25) is 4.90 Å². The van der Waals surface area contributed by atoms with Gasteiger partial charge < -0.3 is 19.7 Å². The summed E-state index contributed by atoms with van der Waals surface area (Å²) < 4.78 is 24.7. The Kier molecular flexibility index (Phi) is 6.03. The maximum Gasteiger partial charge on any atom is 0.414 e. The zero-order valence-electron chi connectivity index (χ0n) is 16.4. The van der Waals surface area contributed by atoms with Gasteiger partial charge in [-0.25, -0.2) is 14.0 Å². The van der Waals surface area contributed by atoms with Crippen molar-refractivity contribution in [2.45, 2.75) is 18.9 Å². The summed E-state index contributed by atoms with van der Waals surface area (Å²) in [6.07, 6.45) is 0.760. The minimum Gasteiger partial charge on any atom is -0.453 e. The number of methoxy groups -OCH3 is 1. The van der Waals surface area contributed by atoms with Gasteiger partial charge in [0.1, 0.15) is 11.9 Å². The molecule has 0 bridgehead atoms. The van der Waals surface area contributed by atoms with Crippen molar-refractivity contribution in [3.63, 3.8) is 0 Å². The summed E-state index contributed by atoms with van der Waals surface area (Å²) in [4.78, 5) is 26.9. The van der Waals surface area contributed by atoms with Gasteiger partial charge in [0.05, 0.1) is 31.6 Å². The van der Waals surface area contributed by atoms with Crippen molar-refractivity contribution in [2.75, 3.05) is 54.6 Å². The number of carbonyl (C=O) groups excluding carboxylic acids is 2. The Morgan fingerprint density at radius 3 is 2.66 bits per heavy atom. The molecule has 4 rings (SSSR count). The molecule has 3 heterocycles. The van der Waals surface area contributed by atoms with Gasteiger partial charge in [0.2, 0.25) is 0 Å². The Morgan fingerprint density at radius 2 is 2.00 bits per heavy atom. The van der Waals surface area contributed by atoms with Crippen LogP contribution in [0.4, 0.5) is 25.4 Å². The first-order valence-corrected chi connectivity index (χ1v) is 11.1. The van der Waals surface area contributed by atoms with Crippen LogP contribution in [0, 0.1) is 17.7 Å². The number of rotatable bonds is 4. The summed E-state index contributed by atoms with van der Waals surface area (Å²) in [6.45, 7) is 2.18. The number of benzene rings is 1. The van der Waals surface area contributed by atoms with Gasteiger partial charge in [-0.1, -0.05) is 0 Å². The van der Waals surface area contributed by atoms with E-state index in [9.17, 15) is 14.0 Å². The van der Waals surface area contributed by atoms with Crippen LogP contribution in [-0.2, 0) is 9.47 Å². The molecular formula is C20H26FN3O4S. The number of anilines is 2. The zero-order valence-corrected chi connectivity index (χ0v) is 17.3. The number of fused-ring (bicyclic) bond motifs is 1. The molecule has 3 aliphatic heterocycles. The normalized spacial score (nSPS) is 26.7. The van der Waals surface area contributed by atoms with Gasteiger partial charge in [0, 0.05) is 13.1 Å². The molecular weight excluding hydrogens is 397 g/mol. The minimum absolute atomic E-state index is 0.143. The summed E-state index contributed by atoms with van der Waals surface area (Å²) >= 11 is 2.02. The average Bonchev–Trinajstić information content (AvgIpc) is 3.22. The fraction of sp³-hybridized carbons (Fsp3) is 0.600. The van der Waals surface area contributed by atoms with Crippen LogP contribution >= 0.6 is 11.8 Å². The monoisotopic (exact) mass is 423 g/mol. The predicted molar refractivity (Wildman–Crippen MR) is 110 cm³/mol. The third-order valence-electron chi connectivity index (χ3n) is 5.96. The summed E-state index contributed by atoms with van der Waals surface area (Å²) in [6, 6.07) is 4.93. The molecule has 3 aliphatic rings. The molecule has 0 spiro atoms. The van der Waals surface area contributed by atoms with E-state index >= 15 is 0 Å². The number of cyclic esters (lactones) is 1. The molecule has 3 saturated heterocycles. The number of ether oxygens (including phenoxy) is 2. The molecule has 2 amide bonds. The average molecular weight is 424 g/mol. The van der Waals surface area contributed by atoms with Gasteiger partial charge in [-0.05, 0) is 54.4 Å². The lowest BCUT2D eigenvalue weighted by molar-refractivity contribution is 0.132. The highest BCUT2D eigenvalue weighted by atomic mass is 32.2. The molecule has 3 atom stereocenters. The molecule has 0 radical (unpaired) electrons. The second-order valence-electron chi connectivity index (χ2n) is 7.74. The van der Waals surface area contributed by atoms with E-state index in [1.165, 1.54) is 42.4 Å². The topological polar surface area (TPSA) is 71.1 Å². The SMILES string of the molecule is COC(=O)NC[C@H]1CN(c2ccc(N3CC4CCSCCC4C3)c(F)c2)C(=O)O1. The number of hydrogen-bond acceptors (Lipinski definition) is 6. The second-order valence-corrected chi connectivity index (χ2v) is 8.96. The number of thioether (sulfide) groups is 1. The van der Waals surface area contributed by atoms with Crippen LogP contribution < -0.4 is 15.1 Å². The summed E-state index contributed by atoms with van der Waals surface area (Å²) in [5.41, 5.74) is 1.06. The van der Waals surface area contributed by atoms with E-state index in [1.807, 2.05) is 11.8 Å². The Balaban J connectivity index is 1.41. The van der Waals surface area contributed by atoms with Crippen LogP contribution in [0.1, 0.15) is 12.8 Å². The van der Waals surface area contributed by atoms with Crippen molar-refractivity contribution in [2.24, 2.45) is 11.8 Å². The third kappa shape index (κ3) is 4.39. The largest absolute Gasteiger partial charge is 0.453 e. The highest BCUT2D eigenvalue weighted by Crippen LogP contribution is 2.38. The molecule has 1 aromatic rings. The van der Waals surface area contributed by atoms with Crippen LogP contribution in [0.15, 0.2) is 18.2 Å². The number of nitrogens with one attached hydrogen (secondary N) is 1. The Labute approximate surface area is 173 Å². The van der Waals surface area contributed by atoms with Gasteiger partial charge in [-0.15, -0.1) is 0 Å². The number of nitrogens with zero attached hydrogens (tertiary/aromatic N) is 2. The van der Waals surface area contributed by atoms with Crippen molar-refractivity contribution < 1.29 is 23.5 Å². The van der Waals surface area contributed by atoms with Crippen LogP contribution in [-0.4, -0.2) is 63.1 Å². The molecule has 2 unspecified atom stereocenters. The van der Waals surface area contributed by atoms with E-state index in [-0.39, 0.29) is 18.9 Å². The van der Waals surface area contributed by atoms with Gasteiger partial charge >= 0.3 is 12.2 Å². The summed E-state index contributed by atoms with van der Waals surface area (Å²) in [5.74, 6) is 3.35. The van der Waals surface area contributed by atoms with Crippen molar-refractivity contribution in [3.8, 4) is 0 Å². The standard InChI is InChI=1S/C20H26FN3O4S/c1-27-19(25)22-9-16-12-24(20(26)28-16)15-2-3-18(17(21)8-15)23-10-13-4-6-29-7-5-14(13)11-23/h2-3,8,13-14,16H,4-7,9-12H2,1H3,(H,22,25)/t13?,14?,16-/m0/s1. The highest BCUT2D eigenvalue weighted by molar-refractivity contribution is 7.99. The van der Waals surface area contributed by atoms with Crippen LogP contribution in [0.3, 0.4) is 0 Å². The van der Waals surface area contributed by atoms with Gasteiger partial charge in [0.15, 0.2) is 0 Å². The zero-order chi connectivity index (χ0) is 20.4. The second kappa shape index (κ2) is 8.69. The van der Waals surface area contributed by atoms with Gasteiger partial charge in [-0.2, -0.15) is 11.8 Å². The van der Waals surface area contributed by atoms with Crippen molar-refractivity contribution in [1.29, 1.82) is 0 Å². The molecule has 158 valence electrons. The Hall–Kier alpha value is -2.16. The molecule has 0 aromatic heterocycles. The Morgan fingerprint density at radius 1 is 1.28 bits per heavy atom.